The Morgan fingerprint density at radius 1 is 1.29 bits per heavy atom. The number of aliphatic hydroxyl groups is 1. The lowest BCUT2D eigenvalue weighted by Gasteiger charge is -2.19. The second-order valence-electron chi connectivity index (χ2n) is 4.75. The summed E-state index contributed by atoms with van der Waals surface area (Å²) in [6.45, 7) is 3.38. The van der Waals surface area contributed by atoms with Crippen molar-refractivity contribution in [3.05, 3.63) is 24.3 Å². The minimum absolute atomic E-state index is 0.00721. The normalized spacial score (nSPS) is 12.3. The molecule has 0 spiro atoms. The van der Waals surface area contributed by atoms with E-state index in [9.17, 15) is 0 Å². The van der Waals surface area contributed by atoms with Crippen molar-refractivity contribution in [2.24, 2.45) is 0 Å². The van der Waals surface area contributed by atoms with Crippen LogP contribution in [0.15, 0.2) is 24.3 Å². The molecule has 0 saturated heterocycles. The van der Waals surface area contributed by atoms with Crippen LogP contribution in [0.4, 0.5) is 11.8 Å². The Labute approximate surface area is 124 Å². The molecular formula is C15H22N4O2. The van der Waals surface area contributed by atoms with E-state index in [1.165, 1.54) is 0 Å². The summed E-state index contributed by atoms with van der Waals surface area (Å²) in [5.41, 5.74) is 0.881. The summed E-state index contributed by atoms with van der Waals surface area (Å²) in [5, 5.41) is 16.6. The number of aromatic nitrogens is 2. The van der Waals surface area contributed by atoms with E-state index in [-0.39, 0.29) is 12.6 Å². The lowest BCUT2D eigenvalue weighted by atomic mass is 10.2. The number of anilines is 2. The number of nitrogens with one attached hydrogen (secondary N) is 2. The highest BCUT2D eigenvalue weighted by Gasteiger charge is 2.12. The monoisotopic (exact) mass is 290 g/mol. The van der Waals surface area contributed by atoms with E-state index in [1.807, 2.05) is 31.2 Å². The maximum absolute atomic E-state index is 9.15. The van der Waals surface area contributed by atoms with Gasteiger partial charge < -0.3 is 20.5 Å². The second-order valence-corrected chi connectivity index (χ2v) is 4.75. The summed E-state index contributed by atoms with van der Waals surface area (Å²) >= 11 is 0. The van der Waals surface area contributed by atoms with Crippen LogP contribution in [0.1, 0.15) is 13.3 Å². The number of nitrogens with zero attached hydrogens (tertiary/aromatic N) is 2. The van der Waals surface area contributed by atoms with Gasteiger partial charge in [-0.2, -0.15) is 4.98 Å². The molecule has 1 aromatic carbocycles. The zero-order chi connectivity index (χ0) is 15.1. The van der Waals surface area contributed by atoms with Crippen molar-refractivity contribution < 1.29 is 9.84 Å². The molecule has 0 fully saturated rings. The molecule has 6 nitrogen and oxygen atoms in total. The van der Waals surface area contributed by atoms with Crippen LogP contribution in [0.25, 0.3) is 10.9 Å². The van der Waals surface area contributed by atoms with E-state index in [1.54, 1.807) is 7.11 Å². The number of benzene rings is 1. The summed E-state index contributed by atoms with van der Waals surface area (Å²) < 4.78 is 5.19. The van der Waals surface area contributed by atoms with Crippen molar-refractivity contribution in [1.82, 2.24) is 9.97 Å². The first-order valence-corrected chi connectivity index (χ1v) is 7.15. The Bertz CT molecular complexity index is 571. The van der Waals surface area contributed by atoms with Gasteiger partial charge in [-0.05, 0) is 25.5 Å². The van der Waals surface area contributed by atoms with Crippen LogP contribution >= 0.6 is 0 Å². The Balaban J connectivity index is 2.35. The fourth-order valence-corrected chi connectivity index (χ4v) is 2.17. The number of ether oxygens (including phenoxy) is 1. The Morgan fingerprint density at radius 2 is 2.10 bits per heavy atom. The summed E-state index contributed by atoms with van der Waals surface area (Å²) in [4.78, 5) is 9.01. The number of para-hydroxylation sites is 1. The molecule has 2 aromatic rings. The zero-order valence-corrected chi connectivity index (χ0v) is 12.5. The molecule has 1 heterocycles. The quantitative estimate of drug-likeness (QED) is 0.689. The second kappa shape index (κ2) is 7.75. The largest absolute Gasteiger partial charge is 0.396 e. The minimum Gasteiger partial charge on any atom is -0.396 e. The molecular weight excluding hydrogens is 268 g/mol. The van der Waals surface area contributed by atoms with Gasteiger partial charge >= 0.3 is 0 Å². The molecule has 0 aliphatic carbocycles. The van der Waals surface area contributed by atoms with Crippen molar-refractivity contribution >= 4 is 22.7 Å². The zero-order valence-electron chi connectivity index (χ0n) is 12.5. The van der Waals surface area contributed by atoms with E-state index >= 15 is 0 Å². The minimum atomic E-state index is 0.00721. The van der Waals surface area contributed by atoms with Crippen molar-refractivity contribution in [1.29, 1.82) is 0 Å². The van der Waals surface area contributed by atoms with Crippen molar-refractivity contribution in [2.45, 2.75) is 19.4 Å². The summed E-state index contributed by atoms with van der Waals surface area (Å²) in [5.74, 6) is 1.35. The number of rotatable bonds is 8. The number of methoxy groups -OCH3 is 1. The fourth-order valence-electron chi connectivity index (χ4n) is 2.17. The van der Waals surface area contributed by atoms with E-state index in [4.69, 9.17) is 9.84 Å². The van der Waals surface area contributed by atoms with Crippen LogP contribution in [-0.4, -0.2) is 48.0 Å². The first kappa shape index (κ1) is 15.5. The first-order chi connectivity index (χ1) is 10.3. The van der Waals surface area contributed by atoms with Crippen molar-refractivity contribution in [3.63, 3.8) is 0 Å². The third-order valence-corrected chi connectivity index (χ3v) is 3.12. The molecule has 1 atom stereocenters. The van der Waals surface area contributed by atoms with Crippen molar-refractivity contribution in [3.8, 4) is 0 Å². The van der Waals surface area contributed by atoms with Gasteiger partial charge in [0.25, 0.3) is 0 Å². The summed E-state index contributed by atoms with van der Waals surface area (Å²) in [6.07, 6.45) is 0.600. The maximum atomic E-state index is 9.15. The number of hydrogen-bond donors (Lipinski definition) is 3. The Hall–Kier alpha value is -1.92. The number of fused-ring (bicyclic) bond motifs is 1. The van der Waals surface area contributed by atoms with Gasteiger partial charge in [0.05, 0.1) is 18.2 Å². The van der Waals surface area contributed by atoms with Gasteiger partial charge in [-0.3, -0.25) is 0 Å². The molecule has 2 rings (SSSR count). The van der Waals surface area contributed by atoms with Crippen LogP contribution in [0, 0.1) is 0 Å². The molecule has 0 bridgehead atoms. The average molecular weight is 290 g/mol. The molecule has 1 unspecified atom stereocenters. The highest BCUT2D eigenvalue weighted by atomic mass is 16.5. The molecule has 114 valence electrons. The summed E-state index contributed by atoms with van der Waals surface area (Å²) in [6, 6.07) is 7.86. The Morgan fingerprint density at radius 3 is 2.81 bits per heavy atom. The molecule has 0 aliphatic heterocycles. The molecule has 3 N–H and O–H groups in total. The van der Waals surface area contributed by atoms with E-state index in [0.29, 0.717) is 19.0 Å². The van der Waals surface area contributed by atoms with Gasteiger partial charge in [-0.25, -0.2) is 4.98 Å². The van der Waals surface area contributed by atoms with Crippen LogP contribution in [0.2, 0.25) is 0 Å². The Kier molecular flexibility index (Phi) is 5.71. The van der Waals surface area contributed by atoms with E-state index in [2.05, 4.69) is 20.6 Å². The number of hydrogen-bond acceptors (Lipinski definition) is 6. The highest BCUT2D eigenvalue weighted by Crippen LogP contribution is 2.22. The maximum Gasteiger partial charge on any atom is 0.225 e. The van der Waals surface area contributed by atoms with Gasteiger partial charge in [-0.15, -0.1) is 0 Å². The topological polar surface area (TPSA) is 79.3 Å². The van der Waals surface area contributed by atoms with Gasteiger partial charge in [0.1, 0.15) is 5.82 Å². The molecule has 0 aliphatic rings. The van der Waals surface area contributed by atoms with Gasteiger partial charge in [0.2, 0.25) is 5.95 Å². The summed E-state index contributed by atoms with van der Waals surface area (Å²) in [7, 11) is 1.65. The van der Waals surface area contributed by atoms with Crippen molar-refractivity contribution in [2.75, 3.05) is 37.5 Å². The van der Waals surface area contributed by atoms with Crippen LogP contribution < -0.4 is 10.6 Å². The lowest BCUT2D eigenvalue weighted by molar-refractivity contribution is 0.170. The first-order valence-electron chi connectivity index (χ1n) is 7.15. The van der Waals surface area contributed by atoms with Crippen LogP contribution in [0.3, 0.4) is 0 Å². The molecule has 0 amide bonds. The number of aliphatic hydroxyl groups excluding tert-OH is 1. The van der Waals surface area contributed by atoms with Gasteiger partial charge in [-0.1, -0.05) is 12.1 Å². The third kappa shape index (κ3) is 4.03. The standard InChI is InChI=1S/C15H22N4O2/c1-3-16-15-18-13-7-5-4-6-12(13)14(19-15)17-11(8-9-20)10-21-2/h4-7,11,20H,3,8-10H2,1-2H3,(H2,16,17,18,19). The van der Waals surface area contributed by atoms with Crippen LogP contribution in [-0.2, 0) is 4.74 Å². The molecule has 0 radical (unpaired) electrons. The lowest BCUT2D eigenvalue weighted by Crippen LogP contribution is -2.27. The molecule has 6 heteroatoms. The SMILES string of the molecule is CCNc1nc(NC(CCO)COC)c2ccccc2n1. The smallest absolute Gasteiger partial charge is 0.225 e. The average Bonchev–Trinajstić information content (AvgIpc) is 2.48. The highest BCUT2D eigenvalue weighted by molar-refractivity contribution is 5.90. The van der Waals surface area contributed by atoms with Gasteiger partial charge in [0.15, 0.2) is 0 Å². The van der Waals surface area contributed by atoms with E-state index < -0.39 is 0 Å². The molecule has 1 aromatic heterocycles. The predicted octanol–water partition coefficient (Wildman–Crippen LogP) is 1.87. The van der Waals surface area contributed by atoms with E-state index in [0.717, 1.165) is 23.3 Å². The van der Waals surface area contributed by atoms with Gasteiger partial charge in [0, 0.05) is 25.6 Å². The molecule has 0 saturated carbocycles. The molecule has 21 heavy (non-hydrogen) atoms. The van der Waals surface area contributed by atoms with Crippen LogP contribution in [0.5, 0.6) is 0 Å². The predicted molar refractivity (Wildman–Crippen MR) is 84.7 cm³/mol. The fraction of sp³-hybridized carbons (Fsp3) is 0.467. The third-order valence-electron chi connectivity index (χ3n) is 3.12.